The van der Waals surface area contributed by atoms with Gasteiger partial charge in [-0.3, -0.25) is 9.59 Å². The first kappa shape index (κ1) is 22.8. The van der Waals surface area contributed by atoms with Crippen LogP contribution >= 0.6 is 0 Å². The fraction of sp³-hybridized carbons (Fsp3) is 0.355. The van der Waals surface area contributed by atoms with Crippen LogP contribution in [0.3, 0.4) is 0 Å². The Kier molecular flexibility index (Phi) is 4.73. The van der Waals surface area contributed by atoms with Crippen LogP contribution in [0.4, 0.5) is 5.69 Å². The Hall–Kier alpha value is -3.60. The fourth-order valence-corrected chi connectivity index (χ4v) is 6.62. The van der Waals surface area contributed by atoms with Gasteiger partial charge in [-0.2, -0.15) is 0 Å². The number of allylic oxidation sites excluding steroid dienone is 1. The summed E-state index contributed by atoms with van der Waals surface area (Å²) in [5.41, 5.74) is 7.65. The van der Waals surface area contributed by atoms with E-state index < -0.39 is 11.5 Å². The topological polar surface area (TPSA) is 62.4 Å². The molecule has 0 fully saturated rings. The van der Waals surface area contributed by atoms with Crippen molar-refractivity contribution in [3.05, 3.63) is 76.5 Å². The molecule has 0 radical (unpaired) electrons. The third-order valence-corrected chi connectivity index (χ3v) is 7.96. The summed E-state index contributed by atoms with van der Waals surface area (Å²) >= 11 is 0. The van der Waals surface area contributed by atoms with Crippen molar-refractivity contribution >= 4 is 23.0 Å². The molecule has 1 aliphatic carbocycles. The van der Waals surface area contributed by atoms with E-state index in [1.165, 1.54) is 0 Å². The molecule has 1 aromatic heterocycles. The number of ether oxygens (including phenoxy) is 1. The number of hydrogen-bond donors (Lipinski definition) is 1. The van der Waals surface area contributed by atoms with E-state index in [0.29, 0.717) is 17.7 Å². The summed E-state index contributed by atoms with van der Waals surface area (Å²) in [5.74, 6) is 0.237. The van der Waals surface area contributed by atoms with Crippen LogP contribution in [0.5, 0.6) is 5.75 Å². The number of aromatic nitrogens is 1. The Morgan fingerprint density at radius 1 is 1.03 bits per heavy atom. The van der Waals surface area contributed by atoms with Crippen LogP contribution in [0.15, 0.2) is 48.5 Å². The predicted octanol–water partition coefficient (Wildman–Crippen LogP) is 6.52. The molecule has 0 spiro atoms. The Labute approximate surface area is 212 Å². The summed E-state index contributed by atoms with van der Waals surface area (Å²) in [6, 6.07) is 14.1. The molecule has 3 aromatic rings. The molecule has 36 heavy (non-hydrogen) atoms. The number of fused-ring (bicyclic) bond motifs is 1. The van der Waals surface area contributed by atoms with Crippen molar-refractivity contribution < 1.29 is 14.3 Å². The molecule has 0 saturated heterocycles. The summed E-state index contributed by atoms with van der Waals surface area (Å²) in [7, 11) is 1.66. The standard InChI is InChI=1S/C31H32N2O3/c1-17-14-31(4,5)33-28-20(17)12-19(36-6)13-21(28)24(29(33)35)26-25-22(15-30(2,3)16-23(25)34)32-27(26)18-10-8-7-9-11-18/h7-14,24,32H,15-16H2,1-6H3. The van der Waals surface area contributed by atoms with Crippen LogP contribution in [-0.2, 0) is 11.2 Å². The Bertz CT molecular complexity index is 1470. The van der Waals surface area contributed by atoms with E-state index in [-0.39, 0.29) is 17.1 Å². The van der Waals surface area contributed by atoms with Crippen molar-refractivity contribution in [3.63, 3.8) is 0 Å². The van der Waals surface area contributed by atoms with Crippen LogP contribution in [-0.4, -0.2) is 29.3 Å². The van der Waals surface area contributed by atoms with Crippen molar-refractivity contribution in [2.75, 3.05) is 12.0 Å². The quantitative estimate of drug-likeness (QED) is 0.464. The summed E-state index contributed by atoms with van der Waals surface area (Å²) in [4.78, 5) is 33.7. The molecular weight excluding hydrogens is 448 g/mol. The number of nitrogens with zero attached hydrogens (tertiary/aromatic N) is 1. The second-order valence-corrected chi connectivity index (χ2v) is 11.8. The molecule has 0 bridgehead atoms. The summed E-state index contributed by atoms with van der Waals surface area (Å²) in [5, 5.41) is 0. The van der Waals surface area contributed by atoms with Crippen LogP contribution in [0, 0.1) is 5.41 Å². The maximum Gasteiger partial charge on any atom is 0.239 e. The maximum atomic E-state index is 14.4. The number of rotatable bonds is 3. The van der Waals surface area contributed by atoms with E-state index in [4.69, 9.17) is 4.74 Å². The zero-order valence-electron chi connectivity index (χ0n) is 21.8. The van der Waals surface area contributed by atoms with Crippen LogP contribution < -0.4 is 9.64 Å². The monoisotopic (exact) mass is 480 g/mol. The average Bonchev–Trinajstić information content (AvgIpc) is 3.31. The number of methoxy groups -OCH3 is 1. The van der Waals surface area contributed by atoms with E-state index in [2.05, 4.69) is 45.7 Å². The van der Waals surface area contributed by atoms with E-state index in [9.17, 15) is 9.59 Å². The van der Waals surface area contributed by atoms with Gasteiger partial charge in [0.25, 0.3) is 0 Å². The van der Waals surface area contributed by atoms with Crippen molar-refractivity contribution in [1.29, 1.82) is 0 Å². The second-order valence-electron chi connectivity index (χ2n) is 11.8. The largest absolute Gasteiger partial charge is 0.497 e. The first-order valence-electron chi connectivity index (χ1n) is 12.6. The highest BCUT2D eigenvalue weighted by atomic mass is 16.5. The zero-order valence-corrected chi connectivity index (χ0v) is 21.8. The summed E-state index contributed by atoms with van der Waals surface area (Å²) < 4.78 is 5.69. The number of anilines is 1. The zero-order chi connectivity index (χ0) is 25.6. The van der Waals surface area contributed by atoms with Gasteiger partial charge in [-0.15, -0.1) is 0 Å². The molecule has 5 heteroatoms. The number of aromatic amines is 1. The number of H-pyrrole nitrogens is 1. The van der Waals surface area contributed by atoms with Gasteiger partial charge in [0.2, 0.25) is 5.91 Å². The number of nitrogens with one attached hydrogen (secondary N) is 1. The van der Waals surface area contributed by atoms with Crippen molar-refractivity contribution in [2.45, 2.75) is 58.9 Å². The lowest BCUT2D eigenvalue weighted by molar-refractivity contribution is -0.119. The molecule has 0 saturated carbocycles. The molecule has 3 aliphatic rings. The number of carbonyl (C=O) groups is 2. The van der Waals surface area contributed by atoms with Gasteiger partial charge in [-0.1, -0.05) is 50.3 Å². The minimum absolute atomic E-state index is 0.00451. The maximum absolute atomic E-state index is 14.4. The lowest BCUT2D eigenvalue weighted by Gasteiger charge is -2.39. The summed E-state index contributed by atoms with van der Waals surface area (Å²) in [6.07, 6.45) is 3.38. The van der Waals surface area contributed by atoms with Crippen LogP contribution in [0.2, 0.25) is 0 Å². The number of ketones is 1. The molecule has 1 atom stereocenters. The lowest BCUT2D eigenvalue weighted by atomic mass is 9.74. The molecule has 184 valence electrons. The Balaban J connectivity index is 1.68. The number of carbonyl (C=O) groups excluding carboxylic acids is 2. The number of hydrogen-bond acceptors (Lipinski definition) is 3. The van der Waals surface area contributed by atoms with E-state index >= 15 is 0 Å². The average molecular weight is 481 g/mol. The summed E-state index contributed by atoms with van der Waals surface area (Å²) in [6.45, 7) is 10.5. The van der Waals surface area contributed by atoms with Crippen LogP contribution in [0.1, 0.15) is 79.7 Å². The Morgan fingerprint density at radius 3 is 2.44 bits per heavy atom. The van der Waals surface area contributed by atoms with Gasteiger partial charge in [-0.25, -0.2) is 0 Å². The lowest BCUT2D eigenvalue weighted by Crippen LogP contribution is -2.47. The number of Topliss-reactive ketones (excluding diaryl/α,β-unsaturated/α-hetero) is 1. The van der Waals surface area contributed by atoms with Gasteiger partial charge in [0.05, 0.1) is 29.9 Å². The molecule has 3 heterocycles. The highest BCUT2D eigenvalue weighted by Crippen LogP contribution is 2.55. The second kappa shape index (κ2) is 7.45. The molecule has 1 N–H and O–H groups in total. The van der Waals surface area contributed by atoms with Crippen molar-refractivity contribution in [3.8, 4) is 17.0 Å². The normalized spacial score (nSPS) is 21.2. The predicted molar refractivity (Wildman–Crippen MR) is 143 cm³/mol. The highest BCUT2D eigenvalue weighted by molar-refractivity contribution is 6.15. The van der Waals surface area contributed by atoms with Crippen LogP contribution in [0.25, 0.3) is 16.8 Å². The van der Waals surface area contributed by atoms with Crippen molar-refractivity contribution in [1.82, 2.24) is 4.98 Å². The minimum atomic E-state index is -0.590. The highest BCUT2D eigenvalue weighted by Gasteiger charge is 2.50. The molecule has 6 rings (SSSR count). The van der Waals surface area contributed by atoms with E-state index in [1.807, 2.05) is 47.4 Å². The number of amides is 1. The first-order chi connectivity index (χ1) is 17.0. The number of benzene rings is 2. The van der Waals surface area contributed by atoms with E-state index in [1.54, 1.807) is 7.11 Å². The molecule has 1 amide bonds. The Morgan fingerprint density at radius 2 is 1.75 bits per heavy atom. The van der Waals surface area contributed by atoms with E-state index in [0.717, 1.165) is 51.3 Å². The minimum Gasteiger partial charge on any atom is -0.497 e. The van der Waals surface area contributed by atoms with Gasteiger partial charge >= 0.3 is 0 Å². The van der Waals surface area contributed by atoms with Crippen molar-refractivity contribution in [2.24, 2.45) is 5.41 Å². The van der Waals surface area contributed by atoms with Gasteiger partial charge < -0.3 is 14.6 Å². The fourth-order valence-electron chi connectivity index (χ4n) is 6.62. The smallest absolute Gasteiger partial charge is 0.239 e. The first-order valence-corrected chi connectivity index (χ1v) is 12.6. The SMILES string of the molecule is COc1cc2c3c(c1)C(c1c(-c4ccccc4)[nH]c4c1C(=O)CC(C)(C)C4)C(=O)N3C(C)(C)C=C2C. The van der Waals surface area contributed by atoms with Gasteiger partial charge in [0.1, 0.15) is 5.75 Å². The molecule has 1 unspecified atom stereocenters. The third kappa shape index (κ3) is 3.15. The molecule has 2 aliphatic heterocycles. The third-order valence-electron chi connectivity index (χ3n) is 7.96. The molecular formula is C31H32N2O3. The van der Waals surface area contributed by atoms with Gasteiger partial charge in [-0.05, 0) is 61.4 Å². The van der Waals surface area contributed by atoms with Gasteiger partial charge in [0.15, 0.2) is 5.78 Å². The van der Waals surface area contributed by atoms with Gasteiger partial charge in [0, 0.05) is 28.8 Å². The molecule has 5 nitrogen and oxygen atoms in total. The molecule has 2 aromatic carbocycles.